The Morgan fingerprint density at radius 1 is 0.875 bits per heavy atom. The molecule has 5 aliphatic rings. The van der Waals surface area contributed by atoms with E-state index < -0.39 is 29.7 Å². The van der Waals surface area contributed by atoms with Crippen LogP contribution in [0.5, 0.6) is 0 Å². The zero-order chi connectivity index (χ0) is 44.6. The summed E-state index contributed by atoms with van der Waals surface area (Å²) in [6, 6.07) is 18.5. The predicted molar refractivity (Wildman–Crippen MR) is 243 cm³/mol. The van der Waals surface area contributed by atoms with E-state index in [2.05, 4.69) is 74.8 Å². The standard InChI is InChI=1S/C50H51ClN8O5/c1-31-32(2)58(54-46(31)37-17-18-41(52-3)40(51)29-37)30-35-11-9-33(10-12-35)7-8-34-13-15-36(16-14-34)48(62)57-23-21-38(22-24-57)55-25-27-56(28-26-55)42-6-4-5-39-45(42)50(64)59(49(39)63)43-19-20-44(60)53-47(43)61/h4-6,9-12,17-18,29,34,36,38,43H,13-16,19-28,30H2,1-2H3,(H,53,60,61). The van der Waals surface area contributed by atoms with Gasteiger partial charge in [-0.05, 0) is 100 Å². The fourth-order valence-corrected chi connectivity index (χ4v) is 10.4. The van der Waals surface area contributed by atoms with Gasteiger partial charge in [0.05, 0.1) is 35.6 Å². The van der Waals surface area contributed by atoms with E-state index in [9.17, 15) is 24.0 Å². The van der Waals surface area contributed by atoms with E-state index in [1.165, 1.54) is 0 Å². The molecule has 4 aliphatic heterocycles. The molecule has 3 saturated heterocycles. The Kier molecular flexibility index (Phi) is 12.1. The lowest BCUT2D eigenvalue weighted by Gasteiger charge is -2.44. The van der Waals surface area contributed by atoms with Gasteiger partial charge in [-0.15, -0.1) is 0 Å². The average molecular weight is 879 g/mol. The highest BCUT2D eigenvalue weighted by Crippen LogP contribution is 2.36. The van der Waals surface area contributed by atoms with Gasteiger partial charge in [0.15, 0.2) is 0 Å². The summed E-state index contributed by atoms with van der Waals surface area (Å²) >= 11 is 6.32. The lowest BCUT2D eigenvalue weighted by molar-refractivity contribution is -0.138. The number of nitrogens with zero attached hydrogens (tertiary/aromatic N) is 7. The molecule has 0 spiro atoms. The number of rotatable bonds is 7. The van der Waals surface area contributed by atoms with Crippen LogP contribution in [0, 0.1) is 44.1 Å². The molecule has 5 heterocycles. The van der Waals surface area contributed by atoms with E-state index in [0.29, 0.717) is 53.2 Å². The summed E-state index contributed by atoms with van der Waals surface area (Å²) in [5.41, 5.74) is 7.79. The van der Waals surface area contributed by atoms with E-state index in [0.717, 1.165) is 103 Å². The Morgan fingerprint density at radius 3 is 2.30 bits per heavy atom. The van der Waals surface area contributed by atoms with Crippen LogP contribution in [0.2, 0.25) is 5.02 Å². The highest BCUT2D eigenvalue weighted by atomic mass is 35.5. The number of piperidine rings is 2. The Bertz CT molecular complexity index is 2630. The van der Waals surface area contributed by atoms with Gasteiger partial charge in [-0.2, -0.15) is 5.10 Å². The monoisotopic (exact) mass is 878 g/mol. The number of hydrogen-bond acceptors (Lipinski definition) is 8. The van der Waals surface area contributed by atoms with Crippen LogP contribution in [0.1, 0.15) is 94.5 Å². The fraction of sp³-hybridized carbons (Fsp3) is 0.420. The molecule has 3 aromatic carbocycles. The van der Waals surface area contributed by atoms with Crippen molar-refractivity contribution in [1.82, 2.24) is 29.8 Å². The molecule has 14 heteroatoms. The minimum absolute atomic E-state index is 0.0514. The van der Waals surface area contributed by atoms with Crippen LogP contribution in [0.4, 0.5) is 11.4 Å². The van der Waals surface area contributed by atoms with Crippen LogP contribution < -0.4 is 10.2 Å². The number of carbonyl (C=O) groups is 5. The number of anilines is 1. The molecular formula is C50H51ClN8O5. The Morgan fingerprint density at radius 2 is 1.61 bits per heavy atom. The van der Waals surface area contributed by atoms with Crippen LogP contribution in [0.15, 0.2) is 60.7 Å². The third kappa shape index (κ3) is 8.43. The second-order valence-electron chi connectivity index (χ2n) is 17.7. The summed E-state index contributed by atoms with van der Waals surface area (Å²) in [4.78, 5) is 76.3. The third-order valence-corrected chi connectivity index (χ3v) is 14.3. The van der Waals surface area contributed by atoms with E-state index >= 15 is 0 Å². The first-order valence-electron chi connectivity index (χ1n) is 22.4. The molecule has 328 valence electrons. The van der Waals surface area contributed by atoms with Crippen molar-refractivity contribution in [2.45, 2.75) is 83.8 Å². The van der Waals surface area contributed by atoms with Crippen molar-refractivity contribution < 1.29 is 24.0 Å². The minimum Gasteiger partial charge on any atom is -0.368 e. The van der Waals surface area contributed by atoms with Crippen LogP contribution >= 0.6 is 11.6 Å². The molecule has 13 nitrogen and oxygen atoms in total. The zero-order valence-electron chi connectivity index (χ0n) is 36.2. The van der Waals surface area contributed by atoms with Gasteiger partial charge in [0.1, 0.15) is 6.04 Å². The maximum atomic E-state index is 13.7. The SMILES string of the molecule is [C-]#[N+]c1ccc(-c2nn(Cc3ccc(C#CC4CCC(C(=O)N5CCC(N6CCN(c7cccc8c7C(=O)N(C7CCC(=O)NC7=O)C8=O)CC6)CC5)CC4)cc3)c(C)c2C)cc1Cl. The second-order valence-corrected chi connectivity index (χ2v) is 18.1. The van der Waals surface area contributed by atoms with E-state index in [-0.39, 0.29) is 30.6 Å². The number of benzene rings is 3. The van der Waals surface area contributed by atoms with Gasteiger partial charge in [-0.3, -0.25) is 43.8 Å². The van der Waals surface area contributed by atoms with Gasteiger partial charge in [0, 0.05) is 85.4 Å². The number of hydrogen-bond donors (Lipinski definition) is 1. The summed E-state index contributed by atoms with van der Waals surface area (Å²) in [5.74, 6) is 5.52. The lowest BCUT2D eigenvalue weighted by Crippen LogP contribution is -2.55. The highest BCUT2D eigenvalue weighted by Gasteiger charge is 2.46. The van der Waals surface area contributed by atoms with Crippen molar-refractivity contribution in [2.75, 3.05) is 44.2 Å². The summed E-state index contributed by atoms with van der Waals surface area (Å²) in [5, 5.41) is 7.58. The van der Waals surface area contributed by atoms with Crippen LogP contribution in [-0.2, 0) is 20.9 Å². The minimum atomic E-state index is -0.992. The van der Waals surface area contributed by atoms with Crippen LogP contribution in [0.25, 0.3) is 16.1 Å². The van der Waals surface area contributed by atoms with Gasteiger partial charge in [-0.1, -0.05) is 53.8 Å². The van der Waals surface area contributed by atoms with Crippen molar-refractivity contribution in [3.05, 3.63) is 111 Å². The van der Waals surface area contributed by atoms with Crippen molar-refractivity contribution in [1.29, 1.82) is 0 Å². The van der Waals surface area contributed by atoms with Gasteiger partial charge >= 0.3 is 0 Å². The largest absolute Gasteiger partial charge is 0.368 e. The summed E-state index contributed by atoms with van der Waals surface area (Å²) in [6.07, 6.45) is 5.64. The first kappa shape index (κ1) is 43.0. The number of halogens is 1. The van der Waals surface area contributed by atoms with Gasteiger partial charge in [-0.25, -0.2) is 4.85 Å². The van der Waals surface area contributed by atoms with Crippen molar-refractivity contribution in [3.8, 4) is 23.1 Å². The Labute approximate surface area is 378 Å². The molecule has 1 N–H and O–H groups in total. The number of aromatic nitrogens is 2. The molecule has 4 fully saturated rings. The molecule has 1 unspecified atom stereocenters. The molecule has 1 aromatic heterocycles. The van der Waals surface area contributed by atoms with Crippen molar-refractivity contribution in [2.24, 2.45) is 11.8 Å². The normalized spacial score (nSPS) is 21.9. The zero-order valence-corrected chi connectivity index (χ0v) is 37.0. The maximum Gasteiger partial charge on any atom is 0.264 e. The van der Waals surface area contributed by atoms with Gasteiger partial charge in [0.25, 0.3) is 11.8 Å². The highest BCUT2D eigenvalue weighted by molar-refractivity contribution is 6.33. The predicted octanol–water partition coefficient (Wildman–Crippen LogP) is 6.79. The topological polar surface area (TPSA) is 133 Å². The molecule has 64 heavy (non-hydrogen) atoms. The lowest BCUT2D eigenvalue weighted by atomic mass is 9.81. The number of carbonyl (C=O) groups excluding carboxylic acids is 5. The second kappa shape index (κ2) is 18.1. The molecule has 9 rings (SSSR count). The number of likely N-dealkylation sites (tertiary alicyclic amines) is 1. The molecule has 0 radical (unpaired) electrons. The number of piperazine rings is 1. The average Bonchev–Trinajstić information content (AvgIpc) is 3.74. The van der Waals surface area contributed by atoms with E-state index in [4.69, 9.17) is 23.3 Å². The number of imide groups is 2. The van der Waals surface area contributed by atoms with Crippen LogP contribution in [-0.4, -0.2) is 105 Å². The van der Waals surface area contributed by atoms with E-state index in [1.54, 1.807) is 18.2 Å². The van der Waals surface area contributed by atoms with Gasteiger partial charge < -0.3 is 9.80 Å². The number of nitrogens with one attached hydrogen (secondary N) is 1. The summed E-state index contributed by atoms with van der Waals surface area (Å²) in [6.45, 7) is 16.5. The third-order valence-electron chi connectivity index (χ3n) is 14.0. The van der Waals surface area contributed by atoms with Crippen molar-refractivity contribution in [3.63, 3.8) is 0 Å². The Hall–Kier alpha value is -6.28. The molecule has 1 aliphatic carbocycles. The quantitative estimate of drug-likeness (QED) is 0.122. The first-order chi connectivity index (χ1) is 31.0. The van der Waals surface area contributed by atoms with E-state index in [1.807, 2.05) is 22.9 Å². The molecule has 5 amide bonds. The summed E-state index contributed by atoms with van der Waals surface area (Å²) in [7, 11) is 0. The fourth-order valence-electron chi connectivity index (χ4n) is 10.1. The molecule has 4 aromatic rings. The van der Waals surface area contributed by atoms with Crippen molar-refractivity contribution >= 4 is 52.5 Å². The smallest absolute Gasteiger partial charge is 0.264 e. The Balaban J connectivity index is 0.720. The molecule has 0 bridgehead atoms. The number of amides is 5. The summed E-state index contributed by atoms with van der Waals surface area (Å²) < 4.78 is 2.00. The van der Waals surface area contributed by atoms with Crippen LogP contribution in [0.3, 0.4) is 0 Å². The first-order valence-corrected chi connectivity index (χ1v) is 22.8. The molecule has 1 atom stereocenters. The van der Waals surface area contributed by atoms with Gasteiger partial charge in [0.2, 0.25) is 23.4 Å². The molecule has 1 saturated carbocycles. The molecular weight excluding hydrogens is 828 g/mol. The number of fused-ring (bicyclic) bond motifs is 1. The maximum absolute atomic E-state index is 13.7.